The Hall–Kier alpha value is -1.38. The van der Waals surface area contributed by atoms with Gasteiger partial charge in [0, 0.05) is 56.6 Å². The van der Waals surface area contributed by atoms with Crippen molar-refractivity contribution in [1.29, 1.82) is 0 Å². The first-order valence-electron chi connectivity index (χ1n) is 12.1. The van der Waals surface area contributed by atoms with Gasteiger partial charge in [-0.25, -0.2) is 0 Å². The number of ether oxygens (including phenoxy) is 1. The third-order valence-corrected chi connectivity index (χ3v) is 7.09. The van der Waals surface area contributed by atoms with Crippen LogP contribution in [0.15, 0.2) is 9.98 Å². The molecule has 0 aromatic carbocycles. The molecule has 1 fully saturated rings. The number of nitrogens with one attached hydrogen (secondary N) is 2. The van der Waals surface area contributed by atoms with E-state index in [-0.39, 0.29) is 36.5 Å². The lowest BCUT2D eigenvalue weighted by Gasteiger charge is -2.12. The number of amides is 1. The van der Waals surface area contributed by atoms with Crippen molar-refractivity contribution in [2.24, 2.45) is 32.9 Å². The largest absolute Gasteiger partial charge is 0.388 e. The second kappa shape index (κ2) is 18.8. The van der Waals surface area contributed by atoms with Crippen molar-refractivity contribution in [2.45, 2.75) is 63.9 Å². The summed E-state index contributed by atoms with van der Waals surface area (Å²) in [4.78, 5) is 32.4. The molecule has 0 saturated carbocycles. The van der Waals surface area contributed by atoms with Gasteiger partial charge in [0.05, 0.1) is 17.7 Å². The Morgan fingerprint density at radius 1 is 0.914 bits per heavy atom. The lowest BCUT2D eigenvalue weighted by atomic mass is 10.1. The SMILES string of the molecule is CC(N)=NCCSCCC(N)C(=O)NCCC(=O)CCNC1OC1C(N)CCSCCN=C(C)N. The molecule has 0 spiro atoms. The fourth-order valence-electron chi connectivity index (χ4n) is 3.05. The number of rotatable bonds is 21. The van der Waals surface area contributed by atoms with E-state index >= 15 is 0 Å². The van der Waals surface area contributed by atoms with Gasteiger partial charge in [0.25, 0.3) is 0 Å². The predicted molar refractivity (Wildman–Crippen MR) is 148 cm³/mol. The molecular weight excluding hydrogens is 488 g/mol. The van der Waals surface area contributed by atoms with Gasteiger partial charge < -0.3 is 33.0 Å². The van der Waals surface area contributed by atoms with Crippen molar-refractivity contribution in [3.63, 3.8) is 0 Å². The molecule has 0 radical (unpaired) electrons. The topological polar surface area (TPSA) is 200 Å². The van der Waals surface area contributed by atoms with Crippen LogP contribution in [0.5, 0.6) is 0 Å². The molecule has 1 heterocycles. The Kier molecular flexibility index (Phi) is 17.0. The zero-order chi connectivity index (χ0) is 26.1. The van der Waals surface area contributed by atoms with Crippen LogP contribution in [0.4, 0.5) is 0 Å². The Balaban J connectivity index is 2.00. The Labute approximate surface area is 217 Å². The van der Waals surface area contributed by atoms with E-state index in [1.807, 2.05) is 0 Å². The van der Waals surface area contributed by atoms with Crippen LogP contribution < -0.4 is 33.6 Å². The number of hydrogen-bond donors (Lipinski definition) is 6. The number of ketones is 1. The summed E-state index contributed by atoms with van der Waals surface area (Å²) in [6.07, 6.45) is 2.00. The van der Waals surface area contributed by atoms with Crippen LogP contribution in [0.1, 0.15) is 39.5 Å². The number of thioether (sulfide) groups is 2. The van der Waals surface area contributed by atoms with Crippen LogP contribution in [0.3, 0.4) is 0 Å². The van der Waals surface area contributed by atoms with E-state index in [4.69, 9.17) is 27.7 Å². The minimum atomic E-state index is -0.575. The zero-order valence-corrected chi connectivity index (χ0v) is 22.7. The molecule has 1 aliphatic heterocycles. The first-order valence-corrected chi connectivity index (χ1v) is 14.4. The molecule has 11 nitrogen and oxygen atoms in total. The summed E-state index contributed by atoms with van der Waals surface area (Å²) < 4.78 is 5.59. The van der Waals surface area contributed by atoms with Gasteiger partial charge in [-0.3, -0.25) is 24.9 Å². The fraction of sp³-hybridized carbons (Fsp3) is 0.818. The highest BCUT2D eigenvalue weighted by Crippen LogP contribution is 2.24. The van der Waals surface area contributed by atoms with Crippen molar-refractivity contribution in [3.8, 4) is 0 Å². The van der Waals surface area contributed by atoms with Crippen molar-refractivity contribution in [1.82, 2.24) is 10.6 Å². The molecule has 1 amide bonds. The molecule has 1 rings (SSSR count). The standard InChI is InChI=1S/C22H44N8O3S2/c1-15(23)27-9-13-34-11-5-18(25)20-22(33-20)30-8-4-17(31)3-7-29-21(32)19(26)6-12-35-14-10-28-16(2)24/h18-20,22,30H,3-14,25-26H2,1-2H3,(H2,23,27)(H2,24,28)(H,29,32). The molecule has 0 aliphatic carbocycles. The Morgan fingerprint density at radius 3 is 2.09 bits per heavy atom. The van der Waals surface area contributed by atoms with Gasteiger partial charge in [-0.1, -0.05) is 0 Å². The van der Waals surface area contributed by atoms with Crippen LogP contribution in [0.2, 0.25) is 0 Å². The predicted octanol–water partition coefficient (Wildman–Crippen LogP) is -0.578. The lowest BCUT2D eigenvalue weighted by molar-refractivity contribution is -0.122. The summed E-state index contributed by atoms with van der Waals surface area (Å²) in [6.45, 7) is 5.75. The first kappa shape index (κ1) is 31.6. The number of aliphatic imine (C=N–C) groups is 2. The van der Waals surface area contributed by atoms with Crippen molar-refractivity contribution in [3.05, 3.63) is 0 Å². The molecule has 35 heavy (non-hydrogen) atoms. The van der Waals surface area contributed by atoms with Gasteiger partial charge in [0.15, 0.2) is 0 Å². The molecule has 0 aromatic heterocycles. The number of hydrogen-bond acceptors (Lipinski definition) is 10. The molecule has 4 unspecified atom stereocenters. The van der Waals surface area contributed by atoms with Gasteiger partial charge in [-0.2, -0.15) is 23.5 Å². The molecule has 1 aliphatic rings. The molecule has 1 saturated heterocycles. The van der Waals surface area contributed by atoms with Gasteiger partial charge >= 0.3 is 0 Å². The van der Waals surface area contributed by atoms with Crippen LogP contribution >= 0.6 is 23.5 Å². The van der Waals surface area contributed by atoms with E-state index in [1.165, 1.54) is 0 Å². The van der Waals surface area contributed by atoms with Crippen LogP contribution in [0, 0.1) is 0 Å². The number of nitrogens with two attached hydrogens (primary N) is 4. The van der Waals surface area contributed by atoms with Crippen molar-refractivity contribution >= 4 is 46.9 Å². The molecule has 0 bridgehead atoms. The van der Waals surface area contributed by atoms with E-state index in [1.54, 1.807) is 37.4 Å². The lowest BCUT2D eigenvalue weighted by Crippen LogP contribution is -2.41. The monoisotopic (exact) mass is 532 g/mol. The van der Waals surface area contributed by atoms with E-state index in [0.717, 1.165) is 36.0 Å². The maximum Gasteiger partial charge on any atom is 0.236 e. The van der Waals surface area contributed by atoms with Crippen LogP contribution in [-0.4, -0.2) is 97.0 Å². The Morgan fingerprint density at radius 2 is 1.49 bits per heavy atom. The summed E-state index contributed by atoms with van der Waals surface area (Å²) in [5.41, 5.74) is 23.1. The van der Waals surface area contributed by atoms with E-state index < -0.39 is 6.04 Å². The fourth-order valence-corrected chi connectivity index (χ4v) is 4.76. The summed E-state index contributed by atoms with van der Waals surface area (Å²) in [7, 11) is 0. The van der Waals surface area contributed by atoms with Gasteiger partial charge in [-0.15, -0.1) is 0 Å². The molecular formula is C22H44N8O3S2. The quantitative estimate of drug-likeness (QED) is 0.0481. The van der Waals surface area contributed by atoms with E-state index in [0.29, 0.717) is 44.1 Å². The zero-order valence-electron chi connectivity index (χ0n) is 21.0. The Bertz CT molecular complexity index is 688. The van der Waals surface area contributed by atoms with Gasteiger partial charge in [-0.05, 0) is 38.2 Å². The average molecular weight is 533 g/mol. The third-order valence-electron chi connectivity index (χ3n) is 5.10. The number of nitrogens with zero attached hydrogens (tertiary/aromatic N) is 2. The normalized spacial score (nSPS) is 19.9. The third kappa shape index (κ3) is 16.8. The second-order valence-electron chi connectivity index (χ2n) is 8.42. The first-order chi connectivity index (χ1) is 16.7. The minimum Gasteiger partial charge on any atom is -0.388 e. The van der Waals surface area contributed by atoms with E-state index in [2.05, 4.69) is 20.6 Å². The molecule has 10 N–H and O–H groups in total. The molecule has 4 atom stereocenters. The summed E-state index contributed by atoms with van der Waals surface area (Å²) in [6, 6.07) is -0.605. The number of carbonyl (C=O) groups excluding carboxylic acids is 2. The summed E-state index contributed by atoms with van der Waals surface area (Å²) in [5.74, 6) is 4.51. The van der Waals surface area contributed by atoms with Gasteiger partial charge in [0.2, 0.25) is 5.91 Å². The summed E-state index contributed by atoms with van der Waals surface area (Å²) in [5, 5.41) is 5.96. The van der Waals surface area contributed by atoms with Crippen molar-refractivity contribution < 1.29 is 14.3 Å². The number of amidine groups is 2. The van der Waals surface area contributed by atoms with Crippen LogP contribution in [0.25, 0.3) is 0 Å². The maximum atomic E-state index is 12.1. The smallest absolute Gasteiger partial charge is 0.236 e. The second-order valence-corrected chi connectivity index (χ2v) is 10.9. The molecule has 202 valence electrons. The highest BCUT2D eigenvalue weighted by atomic mass is 32.2. The number of Topliss-reactive ketones (excluding diaryl/α,β-unsaturated/α-hetero) is 1. The number of carbonyl (C=O) groups is 2. The van der Waals surface area contributed by atoms with E-state index in [9.17, 15) is 9.59 Å². The average Bonchev–Trinajstić information content (AvgIpc) is 3.57. The van der Waals surface area contributed by atoms with Crippen molar-refractivity contribution in [2.75, 3.05) is 49.2 Å². The highest BCUT2D eigenvalue weighted by molar-refractivity contribution is 7.99. The van der Waals surface area contributed by atoms with Gasteiger partial charge in [0.1, 0.15) is 18.1 Å². The summed E-state index contributed by atoms with van der Waals surface area (Å²) >= 11 is 3.48. The maximum absolute atomic E-state index is 12.1. The van der Waals surface area contributed by atoms with Crippen LogP contribution in [-0.2, 0) is 14.3 Å². The molecule has 0 aromatic rings. The number of epoxide rings is 1. The molecule has 13 heteroatoms. The minimum absolute atomic E-state index is 0.00791. The highest BCUT2D eigenvalue weighted by Gasteiger charge is 2.42.